The lowest BCUT2D eigenvalue weighted by atomic mass is 10.1. The highest BCUT2D eigenvalue weighted by molar-refractivity contribution is 6.31. The highest BCUT2D eigenvalue weighted by Gasteiger charge is 2.13. The molecule has 0 fully saturated rings. The molecule has 0 radical (unpaired) electrons. The van der Waals surface area contributed by atoms with Crippen molar-refractivity contribution in [1.29, 1.82) is 0 Å². The van der Waals surface area contributed by atoms with Crippen LogP contribution < -0.4 is 16.4 Å². The maximum Gasteiger partial charge on any atom is 0.248 e. The third kappa shape index (κ3) is 5.59. The first-order chi connectivity index (χ1) is 9.19. The van der Waals surface area contributed by atoms with Crippen LogP contribution >= 0.6 is 11.6 Å². The van der Waals surface area contributed by atoms with Gasteiger partial charge in [0.05, 0.1) is 6.54 Å². The van der Waals surface area contributed by atoms with Crippen LogP contribution in [0.25, 0.3) is 0 Å². The highest BCUT2D eigenvalue weighted by atomic mass is 35.5. The first-order valence-corrected chi connectivity index (χ1v) is 6.67. The fraction of sp³-hybridized carbons (Fsp3) is 0.429. The standard InChI is InChI=1S/C14H20ClN3O2/c1-14(2,3)18-12(19)8-17-7-10-5-4-9(13(16)20)6-11(10)15/h4-6,17H,7-8H2,1-3H3,(H2,16,20)(H,18,19). The van der Waals surface area contributed by atoms with Crippen LogP contribution in [-0.2, 0) is 11.3 Å². The van der Waals surface area contributed by atoms with Gasteiger partial charge in [0.15, 0.2) is 0 Å². The van der Waals surface area contributed by atoms with Gasteiger partial charge < -0.3 is 16.4 Å². The van der Waals surface area contributed by atoms with E-state index in [2.05, 4.69) is 10.6 Å². The van der Waals surface area contributed by atoms with Gasteiger partial charge in [-0.25, -0.2) is 0 Å². The van der Waals surface area contributed by atoms with Crippen LogP contribution in [0, 0.1) is 0 Å². The average molecular weight is 298 g/mol. The lowest BCUT2D eigenvalue weighted by Crippen LogP contribution is -2.44. The molecule has 1 rings (SSSR count). The van der Waals surface area contributed by atoms with Gasteiger partial charge in [0.25, 0.3) is 0 Å². The van der Waals surface area contributed by atoms with E-state index in [1.807, 2.05) is 20.8 Å². The van der Waals surface area contributed by atoms with Gasteiger partial charge in [-0.05, 0) is 38.5 Å². The summed E-state index contributed by atoms with van der Waals surface area (Å²) < 4.78 is 0. The smallest absolute Gasteiger partial charge is 0.248 e. The second kappa shape index (κ2) is 6.72. The minimum Gasteiger partial charge on any atom is -0.366 e. The molecule has 0 aliphatic heterocycles. The van der Waals surface area contributed by atoms with E-state index in [1.165, 1.54) is 6.07 Å². The van der Waals surface area contributed by atoms with Crippen molar-refractivity contribution in [2.45, 2.75) is 32.9 Å². The van der Waals surface area contributed by atoms with Crippen molar-refractivity contribution in [2.24, 2.45) is 5.73 Å². The van der Waals surface area contributed by atoms with Gasteiger partial charge in [-0.1, -0.05) is 17.7 Å². The number of carbonyl (C=O) groups is 2. The maximum atomic E-state index is 11.6. The van der Waals surface area contributed by atoms with Crippen molar-refractivity contribution < 1.29 is 9.59 Å². The van der Waals surface area contributed by atoms with Crippen molar-refractivity contribution in [2.75, 3.05) is 6.54 Å². The van der Waals surface area contributed by atoms with Crippen LogP contribution in [0.3, 0.4) is 0 Å². The maximum absolute atomic E-state index is 11.6. The molecule has 0 aliphatic rings. The fourth-order valence-corrected chi connectivity index (χ4v) is 1.86. The molecule has 0 aliphatic carbocycles. The number of nitrogens with two attached hydrogens (primary N) is 1. The Morgan fingerprint density at radius 3 is 2.45 bits per heavy atom. The molecular formula is C14H20ClN3O2. The molecule has 0 bridgehead atoms. The molecule has 0 spiro atoms. The van der Waals surface area contributed by atoms with Gasteiger partial charge in [-0.15, -0.1) is 0 Å². The SMILES string of the molecule is CC(C)(C)NC(=O)CNCc1ccc(C(N)=O)cc1Cl. The van der Waals surface area contributed by atoms with E-state index in [0.717, 1.165) is 5.56 Å². The van der Waals surface area contributed by atoms with Gasteiger partial charge >= 0.3 is 0 Å². The average Bonchev–Trinajstić information content (AvgIpc) is 2.28. The number of hydrogen-bond acceptors (Lipinski definition) is 3. The first kappa shape index (κ1) is 16.5. The summed E-state index contributed by atoms with van der Waals surface area (Å²) in [5, 5.41) is 6.30. The Labute approximate surface area is 123 Å². The van der Waals surface area contributed by atoms with E-state index in [0.29, 0.717) is 17.1 Å². The topological polar surface area (TPSA) is 84.2 Å². The summed E-state index contributed by atoms with van der Waals surface area (Å²) in [6.07, 6.45) is 0. The minimum absolute atomic E-state index is 0.0811. The van der Waals surface area contributed by atoms with Gasteiger partial charge in [-0.3, -0.25) is 9.59 Å². The Bertz CT molecular complexity index is 510. The molecule has 1 aromatic carbocycles. The van der Waals surface area contributed by atoms with Gasteiger partial charge in [0.1, 0.15) is 0 Å². The lowest BCUT2D eigenvalue weighted by Gasteiger charge is -2.20. The monoisotopic (exact) mass is 297 g/mol. The lowest BCUT2D eigenvalue weighted by molar-refractivity contribution is -0.121. The number of benzene rings is 1. The number of hydrogen-bond donors (Lipinski definition) is 3. The number of nitrogens with one attached hydrogen (secondary N) is 2. The first-order valence-electron chi connectivity index (χ1n) is 6.29. The van der Waals surface area contributed by atoms with Crippen molar-refractivity contribution in [3.8, 4) is 0 Å². The molecule has 20 heavy (non-hydrogen) atoms. The van der Waals surface area contributed by atoms with Gasteiger partial charge in [0, 0.05) is 22.7 Å². The zero-order valence-electron chi connectivity index (χ0n) is 11.9. The largest absolute Gasteiger partial charge is 0.366 e. The molecule has 4 N–H and O–H groups in total. The molecule has 110 valence electrons. The van der Waals surface area contributed by atoms with E-state index in [4.69, 9.17) is 17.3 Å². The van der Waals surface area contributed by atoms with Gasteiger partial charge in [-0.2, -0.15) is 0 Å². The van der Waals surface area contributed by atoms with E-state index in [9.17, 15) is 9.59 Å². The summed E-state index contributed by atoms with van der Waals surface area (Å²) in [5.74, 6) is -0.599. The van der Waals surface area contributed by atoms with E-state index in [-0.39, 0.29) is 18.0 Å². The third-order valence-electron chi connectivity index (χ3n) is 2.45. The Morgan fingerprint density at radius 2 is 1.95 bits per heavy atom. The third-order valence-corrected chi connectivity index (χ3v) is 2.80. The van der Waals surface area contributed by atoms with Crippen LogP contribution in [0.2, 0.25) is 5.02 Å². The summed E-state index contributed by atoms with van der Waals surface area (Å²) in [7, 11) is 0. The molecule has 0 saturated heterocycles. The second-order valence-electron chi connectivity index (χ2n) is 5.57. The molecule has 1 aromatic rings. The number of halogens is 1. The predicted octanol–water partition coefficient (Wildman–Crippen LogP) is 1.44. The molecule has 0 unspecified atom stereocenters. The van der Waals surface area contributed by atoms with Crippen molar-refractivity contribution in [3.05, 3.63) is 34.3 Å². The quantitative estimate of drug-likeness (QED) is 0.769. The van der Waals surface area contributed by atoms with Crippen LogP contribution in [0.1, 0.15) is 36.7 Å². The molecule has 2 amide bonds. The number of rotatable bonds is 5. The summed E-state index contributed by atoms with van der Waals surface area (Å²) in [5.41, 5.74) is 6.09. The van der Waals surface area contributed by atoms with Crippen molar-refractivity contribution >= 4 is 23.4 Å². The normalized spacial score (nSPS) is 11.2. The zero-order chi connectivity index (χ0) is 15.3. The van der Waals surface area contributed by atoms with Crippen molar-refractivity contribution in [1.82, 2.24) is 10.6 Å². The summed E-state index contributed by atoms with van der Waals surface area (Å²) >= 11 is 6.05. The highest BCUT2D eigenvalue weighted by Crippen LogP contribution is 2.17. The summed E-state index contributed by atoms with van der Waals surface area (Å²) in [6, 6.07) is 4.85. The van der Waals surface area contributed by atoms with E-state index < -0.39 is 5.91 Å². The fourth-order valence-electron chi connectivity index (χ4n) is 1.62. The summed E-state index contributed by atoms with van der Waals surface area (Å²) in [4.78, 5) is 22.6. The molecular weight excluding hydrogens is 278 g/mol. The van der Waals surface area contributed by atoms with Crippen LogP contribution in [-0.4, -0.2) is 23.9 Å². The summed E-state index contributed by atoms with van der Waals surface area (Å²) in [6.45, 7) is 6.40. The van der Waals surface area contributed by atoms with E-state index >= 15 is 0 Å². The Balaban J connectivity index is 2.51. The molecule has 0 heterocycles. The predicted molar refractivity (Wildman–Crippen MR) is 79.6 cm³/mol. The molecule has 5 nitrogen and oxygen atoms in total. The number of primary amides is 1. The Morgan fingerprint density at radius 1 is 1.30 bits per heavy atom. The van der Waals surface area contributed by atoms with Crippen LogP contribution in [0.5, 0.6) is 0 Å². The molecule has 6 heteroatoms. The second-order valence-corrected chi connectivity index (χ2v) is 5.98. The van der Waals surface area contributed by atoms with Crippen LogP contribution in [0.4, 0.5) is 0 Å². The number of amides is 2. The van der Waals surface area contributed by atoms with Crippen LogP contribution in [0.15, 0.2) is 18.2 Å². The Kier molecular flexibility index (Phi) is 5.53. The minimum atomic E-state index is -0.518. The number of carbonyl (C=O) groups excluding carboxylic acids is 2. The van der Waals surface area contributed by atoms with E-state index in [1.54, 1.807) is 12.1 Å². The Hall–Kier alpha value is -1.59. The molecule has 0 saturated carbocycles. The molecule has 0 aromatic heterocycles. The molecule has 0 atom stereocenters. The van der Waals surface area contributed by atoms with Crippen molar-refractivity contribution in [3.63, 3.8) is 0 Å². The zero-order valence-corrected chi connectivity index (χ0v) is 12.7. The van der Waals surface area contributed by atoms with Gasteiger partial charge in [0.2, 0.25) is 11.8 Å².